The van der Waals surface area contributed by atoms with E-state index < -0.39 is 5.97 Å². The molecule has 0 atom stereocenters. The molecule has 0 aliphatic carbocycles. The molecule has 0 bridgehead atoms. The zero-order chi connectivity index (χ0) is 17.4. The van der Waals surface area contributed by atoms with Crippen molar-refractivity contribution in [3.05, 3.63) is 59.0 Å². The predicted molar refractivity (Wildman–Crippen MR) is 88.3 cm³/mol. The maximum absolute atomic E-state index is 11.7. The van der Waals surface area contributed by atoms with Crippen molar-refractivity contribution in [1.82, 2.24) is 10.6 Å². The van der Waals surface area contributed by atoms with E-state index in [1.807, 2.05) is 30.3 Å². The van der Waals surface area contributed by atoms with E-state index in [1.54, 1.807) is 13.0 Å². The van der Waals surface area contributed by atoms with Crippen molar-refractivity contribution >= 4 is 12.0 Å². The van der Waals surface area contributed by atoms with Gasteiger partial charge in [-0.2, -0.15) is 0 Å². The molecule has 2 amide bonds. The highest BCUT2D eigenvalue weighted by Gasteiger charge is 2.15. The molecule has 0 saturated heterocycles. The lowest BCUT2D eigenvalue weighted by Gasteiger charge is -2.02. The van der Waals surface area contributed by atoms with Crippen LogP contribution in [0.1, 0.15) is 27.4 Å². The van der Waals surface area contributed by atoms with E-state index in [4.69, 9.17) is 4.42 Å². The Labute approximate surface area is 140 Å². The number of methoxy groups -OCH3 is 1. The Kier molecular flexibility index (Phi) is 6.03. The van der Waals surface area contributed by atoms with Crippen LogP contribution in [0.5, 0.6) is 0 Å². The summed E-state index contributed by atoms with van der Waals surface area (Å²) in [5.74, 6) is 6.25. The summed E-state index contributed by atoms with van der Waals surface area (Å²) in [6, 6.07) is 10.7. The number of rotatable bonds is 4. The van der Waals surface area contributed by atoms with Crippen LogP contribution in [0.3, 0.4) is 0 Å². The van der Waals surface area contributed by atoms with Crippen molar-refractivity contribution in [2.75, 3.05) is 13.7 Å². The van der Waals surface area contributed by atoms with Crippen LogP contribution in [0.15, 0.2) is 40.8 Å². The van der Waals surface area contributed by atoms with E-state index in [1.165, 1.54) is 7.11 Å². The molecule has 2 rings (SSSR count). The second-order valence-corrected chi connectivity index (χ2v) is 4.88. The second kappa shape index (κ2) is 8.44. The van der Waals surface area contributed by atoms with Crippen molar-refractivity contribution in [2.24, 2.45) is 0 Å². The van der Waals surface area contributed by atoms with Gasteiger partial charge in [-0.25, -0.2) is 9.59 Å². The molecule has 1 aromatic heterocycles. The summed E-state index contributed by atoms with van der Waals surface area (Å²) in [5.41, 5.74) is 1.24. The van der Waals surface area contributed by atoms with Crippen molar-refractivity contribution in [3.63, 3.8) is 0 Å². The van der Waals surface area contributed by atoms with E-state index >= 15 is 0 Å². The van der Waals surface area contributed by atoms with E-state index in [-0.39, 0.29) is 19.1 Å². The Balaban J connectivity index is 1.78. The van der Waals surface area contributed by atoms with Crippen LogP contribution in [0.2, 0.25) is 0 Å². The number of nitrogens with one attached hydrogen (secondary N) is 2. The first kappa shape index (κ1) is 17.2. The van der Waals surface area contributed by atoms with Gasteiger partial charge in [0.05, 0.1) is 20.2 Å². The molecule has 0 aliphatic heterocycles. The summed E-state index contributed by atoms with van der Waals surface area (Å²) >= 11 is 0. The predicted octanol–water partition coefficient (Wildman–Crippen LogP) is 2.23. The third kappa shape index (κ3) is 4.92. The first-order valence-corrected chi connectivity index (χ1v) is 7.33. The van der Waals surface area contributed by atoms with Gasteiger partial charge in [-0.3, -0.25) is 0 Å². The largest absolute Gasteiger partial charge is 0.465 e. The molecule has 1 heterocycles. The molecular formula is C18H18N2O4. The van der Waals surface area contributed by atoms with Gasteiger partial charge in [-0.1, -0.05) is 30.0 Å². The van der Waals surface area contributed by atoms with Gasteiger partial charge < -0.3 is 19.8 Å². The molecular weight excluding hydrogens is 308 g/mol. The Hall–Kier alpha value is -3.20. The van der Waals surface area contributed by atoms with Gasteiger partial charge in [0.15, 0.2) is 0 Å². The van der Waals surface area contributed by atoms with Crippen LogP contribution in [0, 0.1) is 18.8 Å². The van der Waals surface area contributed by atoms with Gasteiger partial charge in [-0.15, -0.1) is 0 Å². The minimum Gasteiger partial charge on any atom is -0.465 e. The zero-order valence-electron chi connectivity index (χ0n) is 13.5. The third-order valence-electron chi connectivity index (χ3n) is 3.14. The molecule has 0 spiro atoms. The lowest BCUT2D eigenvalue weighted by Crippen LogP contribution is -2.35. The van der Waals surface area contributed by atoms with E-state index in [9.17, 15) is 9.59 Å². The van der Waals surface area contributed by atoms with Gasteiger partial charge in [0, 0.05) is 5.56 Å². The molecule has 124 valence electrons. The number of furan rings is 1. The highest BCUT2D eigenvalue weighted by molar-refractivity contribution is 5.90. The second-order valence-electron chi connectivity index (χ2n) is 4.88. The van der Waals surface area contributed by atoms with Crippen molar-refractivity contribution in [3.8, 4) is 11.8 Å². The Morgan fingerprint density at radius 3 is 2.67 bits per heavy atom. The quantitative estimate of drug-likeness (QED) is 0.667. The molecule has 0 fully saturated rings. The fourth-order valence-electron chi connectivity index (χ4n) is 1.97. The topological polar surface area (TPSA) is 80.6 Å². The van der Waals surface area contributed by atoms with E-state index in [0.29, 0.717) is 17.1 Å². The average molecular weight is 326 g/mol. The lowest BCUT2D eigenvalue weighted by molar-refractivity contribution is 0.0598. The van der Waals surface area contributed by atoms with Gasteiger partial charge in [-0.05, 0) is 25.1 Å². The monoisotopic (exact) mass is 326 g/mol. The van der Waals surface area contributed by atoms with Crippen LogP contribution in [-0.2, 0) is 11.3 Å². The van der Waals surface area contributed by atoms with Gasteiger partial charge in [0.25, 0.3) is 0 Å². The van der Waals surface area contributed by atoms with Gasteiger partial charge in [0.1, 0.15) is 17.1 Å². The van der Waals surface area contributed by atoms with Crippen molar-refractivity contribution in [2.45, 2.75) is 13.5 Å². The zero-order valence-corrected chi connectivity index (χ0v) is 13.5. The number of carbonyl (C=O) groups is 2. The molecule has 0 aliphatic rings. The Morgan fingerprint density at radius 1 is 1.21 bits per heavy atom. The summed E-state index contributed by atoms with van der Waals surface area (Å²) in [4.78, 5) is 23.2. The summed E-state index contributed by atoms with van der Waals surface area (Å²) in [6.07, 6.45) is 0. The van der Waals surface area contributed by atoms with Crippen LogP contribution in [-0.4, -0.2) is 25.7 Å². The first-order valence-electron chi connectivity index (χ1n) is 7.33. The number of hydrogen-bond acceptors (Lipinski definition) is 4. The number of amides is 2. The van der Waals surface area contributed by atoms with E-state index in [2.05, 4.69) is 27.2 Å². The maximum atomic E-state index is 11.7. The number of urea groups is 1. The van der Waals surface area contributed by atoms with Crippen molar-refractivity contribution < 1.29 is 18.7 Å². The molecule has 24 heavy (non-hydrogen) atoms. The number of benzene rings is 1. The minimum atomic E-state index is -0.469. The fraction of sp³-hybridized carbons (Fsp3) is 0.222. The molecule has 0 saturated carbocycles. The molecule has 0 radical (unpaired) electrons. The first-order chi connectivity index (χ1) is 11.6. The lowest BCUT2D eigenvalue weighted by atomic mass is 10.2. The summed E-state index contributed by atoms with van der Waals surface area (Å²) in [5, 5.41) is 5.25. The molecule has 0 unspecified atom stereocenters. The summed E-state index contributed by atoms with van der Waals surface area (Å²) in [6.45, 7) is 2.05. The third-order valence-corrected chi connectivity index (χ3v) is 3.14. The van der Waals surface area contributed by atoms with Crippen LogP contribution >= 0.6 is 0 Å². The molecule has 2 aromatic rings. The number of esters is 1. The van der Waals surface area contributed by atoms with Crippen molar-refractivity contribution in [1.29, 1.82) is 0 Å². The van der Waals surface area contributed by atoms with Gasteiger partial charge >= 0.3 is 12.0 Å². The number of aryl methyl sites for hydroxylation is 1. The molecule has 6 heteroatoms. The summed E-state index contributed by atoms with van der Waals surface area (Å²) in [7, 11) is 1.30. The number of ether oxygens (including phenoxy) is 1. The SMILES string of the molecule is COC(=O)c1cc(CNC(=O)NCC#Cc2ccccc2)oc1C. The van der Waals surface area contributed by atoms with E-state index in [0.717, 1.165) is 5.56 Å². The number of carbonyl (C=O) groups excluding carboxylic acids is 2. The fourth-order valence-corrected chi connectivity index (χ4v) is 1.97. The number of hydrogen-bond donors (Lipinski definition) is 2. The van der Waals surface area contributed by atoms with Crippen LogP contribution < -0.4 is 10.6 Å². The normalized spacial score (nSPS) is 9.58. The Bertz CT molecular complexity index is 769. The van der Waals surface area contributed by atoms with Gasteiger partial charge in [0.2, 0.25) is 0 Å². The minimum absolute atomic E-state index is 0.162. The standard InChI is InChI=1S/C18H18N2O4/c1-13-16(17(21)23-2)11-15(24-13)12-20-18(22)19-10-6-9-14-7-4-3-5-8-14/h3-5,7-8,11H,10,12H2,1-2H3,(H2,19,20,22). The highest BCUT2D eigenvalue weighted by atomic mass is 16.5. The molecule has 1 aromatic carbocycles. The summed E-state index contributed by atoms with van der Waals surface area (Å²) < 4.78 is 10.0. The Morgan fingerprint density at radius 2 is 1.96 bits per heavy atom. The van der Waals surface area contributed by atoms with Crippen LogP contribution in [0.25, 0.3) is 0 Å². The average Bonchev–Trinajstić information content (AvgIpc) is 2.98. The molecule has 2 N–H and O–H groups in total. The maximum Gasteiger partial charge on any atom is 0.341 e. The smallest absolute Gasteiger partial charge is 0.341 e. The highest BCUT2D eigenvalue weighted by Crippen LogP contribution is 2.15. The molecule has 6 nitrogen and oxygen atoms in total. The van der Waals surface area contributed by atoms with Crippen LogP contribution in [0.4, 0.5) is 4.79 Å².